The second-order valence-corrected chi connectivity index (χ2v) is 10.5. The molecule has 3 nitrogen and oxygen atoms in total. The molecular weight excluding hydrogens is 553 g/mol. The van der Waals surface area contributed by atoms with Gasteiger partial charge in [-0.25, -0.2) is 0 Å². The summed E-state index contributed by atoms with van der Waals surface area (Å²) in [5, 5.41) is 0. The third kappa shape index (κ3) is 6.11. The first kappa shape index (κ1) is 30.2. The zero-order chi connectivity index (χ0) is 29.5. The summed E-state index contributed by atoms with van der Waals surface area (Å²) in [6.45, 7) is -0.384. The van der Waals surface area contributed by atoms with E-state index < -0.39 is 64.8 Å². The van der Waals surface area contributed by atoms with E-state index in [0.717, 1.165) is 25.0 Å². The SMILES string of the molecule is COC(=O)C1(C2CCN(Cc3cc(C(F)(F)F)ccc3C(F)(F)F)C(c3ccc(C(F)(F)F)cc3)C2)CCCC1. The Balaban J connectivity index is 1.74. The summed E-state index contributed by atoms with van der Waals surface area (Å²) in [7, 11) is 1.27. The van der Waals surface area contributed by atoms with Gasteiger partial charge in [-0.15, -0.1) is 0 Å². The maximum atomic E-state index is 13.8. The molecule has 2 unspecified atom stereocenters. The van der Waals surface area contributed by atoms with E-state index in [1.807, 2.05) is 0 Å². The smallest absolute Gasteiger partial charge is 0.416 e. The molecule has 1 saturated heterocycles. The van der Waals surface area contributed by atoms with E-state index in [9.17, 15) is 44.3 Å². The maximum absolute atomic E-state index is 13.8. The summed E-state index contributed by atoms with van der Waals surface area (Å²) in [4.78, 5) is 14.5. The number of halogens is 9. The van der Waals surface area contributed by atoms with Crippen molar-refractivity contribution in [2.75, 3.05) is 13.7 Å². The quantitative estimate of drug-likeness (QED) is 0.262. The molecule has 12 heteroatoms. The minimum absolute atomic E-state index is 0.128. The van der Waals surface area contributed by atoms with Gasteiger partial charge in [0.25, 0.3) is 0 Å². The molecule has 0 radical (unpaired) electrons. The van der Waals surface area contributed by atoms with Gasteiger partial charge >= 0.3 is 24.5 Å². The molecule has 1 heterocycles. The fourth-order valence-electron chi connectivity index (χ4n) is 6.33. The van der Waals surface area contributed by atoms with E-state index >= 15 is 0 Å². The summed E-state index contributed by atoms with van der Waals surface area (Å²) in [5.74, 6) is -0.665. The number of methoxy groups -OCH3 is 1. The number of carbonyl (C=O) groups is 1. The van der Waals surface area contributed by atoms with E-state index in [2.05, 4.69) is 0 Å². The minimum atomic E-state index is -4.92. The van der Waals surface area contributed by atoms with Crippen LogP contribution in [0, 0.1) is 11.3 Å². The van der Waals surface area contributed by atoms with Gasteiger partial charge in [-0.3, -0.25) is 9.69 Å². The number of esters is 1. The van der Waals surface area contributed by atoms with Crippen molar-refractivity contribution in [2.45, 2.75) is 69.6 Å². The number of piperidine rings is 1. The molecule has 2 aromatic carbocycles. The van der Waals surface area contributed by atoms with Crippen molar-refractivity contribution in [3.8, 4) is 0 Å². The lowest BCUT2D eigenvalue weighted by Gasteiger charge is -2.45. The van der Waals surface area contributed by atoms with Crippen LogP contribution >= 0.6 is 0 Å². The fourth-order valence-corrected chi connectivity index (χ4v) is 6.33. The normalized spacial score (nSPS) is 22.4. The highest BCUT2D eigenvalue weighted by atomic mass is 19.4. The topological polar surface area (TPSA) is 29.5 Å². The standard InChI is InChI=1S/C28H28F9NO2/c1-40-24(39)25(11-2-3-12-25)20-10-13-38(23(15-20)17-4-6-19(7-5-17)26(29,30)31)16-18-14-21(27(32,33)34)8-9-22(18)28(35,36)37/h4-9,14,20,23H,2-3,10-13,15-16H2,1H3. The Kier molecular flexibility index (Phi) is 8.23. The molecule has 1 saturated carbocycles. The Bertz CT molecular complexity index is 1200. The van der Waals surface area contributed by atoms with Crippen LogP contribution in [0.1, 0.15) is 72.4 Å². The molecule has 0 N–H and O–H groups in total. The lowest BCUT2D eigenvalue weighted by atomic mass is 9.67. The zero-order valence-electron chi connectivity index (χ0n) is 21.5. The van der Waals surface area contributed by atoms with Crippen molar-refractivity contribution in [1.29, 1.82) is 0 Å². The van der Waals surface area contributed by atoms with Crippen LogP contribution in [0.2, 0.25) is 0 Å². The van der Waals surface area contributed by atoms with Gasteiger partial charge < -0.3 is 4.74 Å². The summed E-state index contributed by atoms with van der Waals surface area (Å²) < 4.78 is 126. The first-order valence-corrected chi connectivity index (χ1v) is 12.8. The molecule has 2 aliphatic rings. The zero-order valence-corrected chi connectivity index (χ0v) is 21.5. The Morgan fingerprint density at radius 2 is 1.45 bits per heavy atom. The summed E-state index contributed by atoms with van der Waals surface area (Å²) in [6, 6.07) is 4.74. The number of benzene rings is 2. The van der Waals surface area contributed by atoms with E-state index in [-0.39, 0.29) is 18.9 Å². The highest BCUT2D eigenvalue weighted by Gasteiger charge is 2.51. The molecule has 0 aromatic heterocycles. The molecule has 0 amide bonds. The van der Waals surface area contributed by atoms with Crippen LogP contribution in [0.4, 0.5) is 39.5 Å². The second kappa shape index (κ2) is 10.9. The van der Waals surface area contributed by atoms with Gasteiger partial charge in [0, 0.05) is 12.6 Å². The van der Waals surface area contributed by atoms with Crippen molar-refractivity contribution in [2.24, 2.45) is 11.3 Å². The Labute approximate surface area is 225 Å². The average molecular weight is 582 g/mol. The highest BCUT2D eigenvalue weighted by Crippen LogP contribution is 2.52. The van der Waals surface area contributed by atoms with Gasteiger partial charge in [0.05, 0.1) is 29.2 Å². The fraction of sp³-hybridized carbons (Fsp3) is 0.536. The molecule has 2 atom stereocenters. The molecular formula is C28H28F9NO2. The molecule has 0 bridgehead atoms. The van der Waals surface area contributed by atoms with Crippen molar-refractivity contribution < 1.29 is 49.0 Å². The maximum Gasteiger partial charge on any atom is 0.416 e. The number of carbonyl (C=O) groups excluding carboxylic acids is 1. The number of alkyl halides is 9. The van der Waals surface area contributed by atoms with E-state index in [4.69, 9.17) is 4.74 Å². The monoisotopic (exact) mass is 581 g/mol. The van der Waals surface area contributed by atoms with Crippen LogP contribution in [0.5, 0.6) is 0 Å². The molecule has 1 aliphatic heterocycles. The van der Waals surface area contributed by atoms with Gasteiger partial charge in [0.2, 0.25) is 0 Å². The van der Waals surface area contributed by atoms with Gasteiger partial charge in [0.1, 0.15) is 0 Å². The van der Waals surface area contributed by atoms with Crippen molar-refractivity contribution in [1.82, 2.24) is 4.90 Å². The third-order valence-corrected chi connectivity index (χ3v) is 8.32. The van der Waals surface area contributed by atoms with Gasteiger partial charge in [0.15, 0.2) is 0 Å². The van der Waals surface area contributed by atoms with Crippen LogP contribution in [-0.4, -0.2) is 24.5 Å². The van der Waals surface area contributed by atoms with Crippen LogP contribution in [-0.2, 0) is 34.6 Å². The molecule has 0 spiro atoms. The third-order valence-electron chi connectivity index (χ3n) is 8.32. The molecule has 4 rings (SSSR count). The highest BCUT2D eigenvalue weighted by molar-refractivity contribution is 5.77. The number of ether oxygens (including phenoxy) is 1. The van der Waals surface area contributed by atoms with Crippen molar-refractivity contribution in [3.63, 3.8) is 0 Å². The Morgan fingerprint density at radius 3 is 1.98 bits per heavy atom. The van der Waals surface area contributed by atoms with Gasteiger partial charge in [-0.1, -0.05) is 25.0 Å². The lowest BCUT2D eigenvalue weighted by Crippen LogP contribution is -2.45. The van der Waals surface area contributed by atoms with Crippen LogP contribution < -0.4 is 0 Å². The van der Waals surface area contributed by atoms with E-state index in [1.54, 1.807) is 4.90 Å². The van der Waals surface area contributed by atoms with Crippen molar-refractivity contribution >= 4 is 5.97 Å². The predicted molar refractivity (Wildman–Crippen MR) is 127 cm³/mol. The summed E-state index contributed by atoms with van der Waals surface area (Å²) in [6.07, 6.45) is -11.1. The first-order chi connectivity index (χ1) is 18.6. The number of nitrogens with zero attached hydrogens (tertiary/aromatic N) is 1. The average Bonchev–Trinajstić information content (AvgIpc) is 3.38. The number of rotatable bonds is 5. The van der Waals surface area contributed by atoms with E-state index in [1.165, 1.54) is 19.2 Å². The first-order valence-electron chi connectivity index (χ1n) is 12.8. The van der Waals surface area contributed by atoms with Crippen molar-refractivity contribution in [3.05, 3.63) is 70.3 Å². The van der Waals surface area contributed by atoms with Crippen LogP contribution in [0.15, 0.2) is 42.5 Å². The number of likely N-dealkylation sites (tertiary alicyclic amines) is 1. The van der Waals surface area contributed by atoms with Crippen LogP contribution in [0.3, 0.4) is 0 Å². The number of hydrogen-bond acceptors (Lipinski definition) is 3. The van der Waals surface area contributed by atoms with Crippen LogP contribution in [0.25, 0.3) is 0 Å². The number of hydrogen-bond donors (Lipinski definition) is 0. The Morgan fingerprint density at radius 1 is 0.875 bits per heavy atom. The molecule has 2 aromatic rings. The molecule has 220 valence electrons. The molecule has 1 aliphatic carbocycles. The molecule has 2 fully saturated rings. The molecule has 40 heavy (non-hydrogen) atoms. The Hall–Kier alpha value is -2.76. The minimum Gasteiger partial charge on any atom is -0.469 e. The second-order valence-electron chi connectivity index (χ2n) is 10.5. The summed E-state index contributed by atoms with van der Waals surface area (Å²) >= 11 is 0. The van der Waals surface area contributed by atoms with Gasteiger partial charge in [-0.2, -0.15) is 39.5 Å². The lowest BCUT2D eigenvalue weighted by molar-refractivity contribution is -0.158. The van der Waals surface area contributed by atoms with Gasteiger partial charge in [-0.05, 0) is 79.6 Å². The summed E-state index contributed by atoms with van der Waals surface area (Å²) in [5.41, 5.74) is -4.38. The largest absolute Gasteiger partial charge is 0.469 e. The van der Waals surface area contributed by atoms with E-state index in [0.29, 0.717) is 43.0 Å². The predicted octanol–water partition coefficient (Wildman–Crippen LogP) is 8.43.